The lowest BCUT2D eigenvalue weighted by atomic mass is 10.3. The number of para-hydroxylation sites is 2. The molecule has 0 saturated carbocycles. The van der Waals surface area contributed by atoms with E-state index in [0.717, 1.165) is 5.52 Å². The average molecular weight is 220 g/mol. The van der Waals surface area contributed by atoms with Crippen LogP contribution in [0, 0.1) is 0 Å². The molecule has 5 nitrogen and oxygen atoms in total. The molecule has 16 heavy (non-hydrogen) atoms. The van der Waals surface area contributed by atoms with E-state index in [2.05, 4.69) is 0 Å². The van der Waals surface area contributed by atoms with Crippen LogP contribution < -0.4 is 11.5 Å². The van der Waals surface area contributed by atoms with Gasteiger partial charge in [0.15, 0.2) is 5.58 Å². The number of carbonyl (C=O) groups excluding carboxylic acids is 1. The van der Waals surface area contributed by atoms with Crippen LogP contribution in [0.3, 0.4) is 0 Å². The van der Waals surface area contributed by atoms with Crippen molar-refractivity contribution in [1.82, 2.24) is 4.57 Å². The minimum absolute atomic E-state index is 0.270. The predicted octanol–water partition coefficient (Wildman–Crippen LogP) is 0.860. The Morgan fingerprint density at radius 2 is 2.12 bits per heavy atom. The summed E-state index contributed by atoms with van der Waals surface area (Å²) in [6.45, 7) is 0.443. The van der Waals surface area contributed by atoms with Crippen molar-refractivity contribution in [3.8, 4) is 0 Å². The summed E-state index contributed by atoms with van der Waals surface area (Å²) in [5.41, 5.74) is 6.34. The van der Waals surface area contributed by atoms with E-state index >= 15 is 0 Å². The van der Waals surface area contributed by atoms with E-state index in [4.69, 9.17) is 10.2 Å². The summed E-state index contributed by atoms with van der Waals surface area (Å²) in [6.07, 6.45) is 0.810. The quantitative estimate of drug-likeness (QED) is 0.830. The van der Waals surface area contributed by atoms with Gasteiger partial charge in [0.25, 0.3) is 0 Å². The van der Waals surface area contributed by atoms with E-state index in [1.807, 2.05) is 12.1 Å². The van der Waals surface area contributed by atoms with Crippen molar-refractivity contribution < 1.29 is 9.21 Å². The number of nitrogens with zero attached hydrogens (tertiary/aromatic N) is 1. The molecule has 0 fully saturated rings. The lowest BCUT2D eigenvalue weighted by molar-refractivity contribution is -0.118. The monoisotopic (exact) mass is 220 g/mol. The van der Waals surface area contributed by atoms with Crippen LogP contribution >= 0.6 is 0 Å². The zero-order valence-corrected chi connectivity index (χ0v) is 8.68. The smallest absolute Gasteiger partial charge is 0.408 e. The third-order valence-corrected chi connectivity index (χ3v) is 2.38. The van der Waals surface area contributed by atoms with Crippen LogP contribution in [0.2, 0.25) is 0 Å². The van der Waals surface area contributed by atoms with Gasteiger partial charge in [-0.05, 0) is 18.6 Å². The summed E-state index contributed by atoms with van der Waals surface area (Å²) >= 11 is 0. The Kier molecular flexibility index (Phi) is 2.76. The van der Waals surface area contributed by atoms with Gasteiger partial charge in [-0.3, -0.25) is 9.36 Å². The third-order valence-electron chi connectivity index (χ3n) is 2.38. The normalized spacial score (nSPS) is 10.8. The highest BCUT2D eigenvalue weighted by molar-refractivity contribution is 5.74. The molecule has 0 aliphatic heterocycles. The Balaban J connectivity index is 2.26. The Labute approximate surface area is 91.5 Å². The van der Waals surface area contributed by atoms with Crippen LogP contribution in [0.5, 0.6) is 0 Å². The van der Waals surface area contributed by atoms with Crippen LogP contribution in [-0.4, -0.2) is 10.5 Å². The first-order chi connectivity index (χ1) is 7.68. The zero-order chi connectivity index (χ0) is 11.5. The molecule has 5 heteroatoms. The number of fused-ring (bicyclic) bond motifs is 1. The van der Waals surface area contributed by atoms with Crippen LogP contribution in [0.4, 0.5) is 0 Å². The van der Waals surface area contributed by atoms with Crippen molar-refractivity contribution >= 4 is 17.0 Å². The molecule has 0 aliphatic rings. The summed E-state index contributed by atoms with van der Waals surface area (Å²) in [6, 6.07) is 7.19. The molecule has 2 rings (SSSR count). The van der Waals surface area contributed by atoms with Gasteiger partial charge in [0.1, 0.15) is 0 Å². The molecule has 0 bridgehead atoms. The predicted molar refractivity (Wildman–Crippen MR) is 58.9 cm³/mol. The number of oxazole rings is 1. The van der Waals surface area contributed by atoms with Gasteiger partial charge in [-0.2, -0.15) is 0 Å². The van der Waals surface area contributed by atoms with E-state index in [-0.39, 0.29) is 12.3 Å². The molecule has 1 heterocycles. The molecule has 84 valence electrons. The van der Waals surface area contributed by atoms with Crippen LogP contribution in [0.1, 0.15) is 12.8 Å². The highest BCUT2D eigenvalue weighted by Gasteiger charge is 2.07. The Bertz CT molecular complexity index is 568. The standard InChI is InChI=1S/C11H12N2O3/c12-10(14)6-3-7-13-8-4-1-2-5-9(8)16-11(13)15/h1-2,4-5H,3,6-7H2,(H2,12,14). The van der Waals surface area contributed by atoms with Crippen molar-refractivity contribution in [2.24, 2.45) is 5.73 Å². The van der Waals surface area contributed by atoms with Gasteiger partial charge in [-0.25, -0.2) is 4.79 Å². The number of primary amides is 1. The number of amides is 1. The van der Waals surface area contributed by atoms with Gasteiger partial charge in [-0.1, -0.05) is 12.1 Å². The fraction of sp³-hybridized carbons (Fsp3) is 0.273. The Morgan fingerprint density at radius 1 is 1.38 bits per heavy atom. The lowest BCUT2D eigenvalue weighted by Gasteiger charge is -1.99. The highest BCUT2D eigenvalue weighted by atomic mass is 16.4. The van der Waals surface area contributed by atoms with Crippen molar-refractivity contribution in [1.29, 1.82) is 0 Å². The van der Waals surface area contributed by atoms with E-state index in [1.165, 1.54) is 4.57 Å². The first-order valence-corrected chi connectivity index (χ1v) is 5.05. The fourth-order valence-electron chi connectivity index (χ4n) is 1.64. The van der Waals surface area contributed by atoms with Gasteiger partial charge >= 0.3 is 5.76 Å². The number of carbonyl (C=O) groups is 1. The molecule has 0 saturated heterocycles. The summed E-state index contributed by atoms with van der Waals surface area (Å²) in [7, 11) is 0. The van der Waals surface area contributed by atoms with Crippen LogP contribution in [0.25, 0.3) is 11.1 Å². The van der Waals surface area contributed by atoms with E-state index in [0.29, 0.717) is 18.5 Å². The summed E-state index contributed by atoms with van der Waals surface area (Å²) < 4.78 is 6.56. The van der Waals surface area contributed by atoms with Crippen molar-refractivity contribution in [3.05, 3.63) is 34.8 Å². The molecule has 1 aromatic heterocycles. The Morgan fingerprint density at radius 3 is 2.88 bits per heavy atom. The van der Waals surface area contributed by atoms with E-state index in [9.17, 15) is 9.59 Å². The zero-order valence-electron chi connectivity index (χ0n) is 8.68. The fourth-order valence-corrected chi connectivity index (χ4v) is 1.64. The summed E-state index contributed by atoms with van der Waals surface area (Å²) in [5, 5.41) is 0. The molecule has 0 atom stereocenters. The molecular formula is C11H12N2O3. The molecule has 0 aliphatic carbocycles. The van der Waals surface area contributed by atoms with Gasteiger partial charge in [0.2, 0.25) is 5.91 Å². The molecular weight excluding hydrogens is 208 g/mol. The second-order valence-corrected chi connectivity index (χ2v) is 3.56. The lowest BCUT2D eigenvalue weighted by Crippen LogP contribution is -2.16. The second kappa shape index (κ2) is 4.22. The van der Waals surface area contributed by atoms with Crippen molar-refractivity contribution in [2.75, 3.05) is 0 Å². The average Bonchev–Trinajstić information content (AvgIpc) is 2.55. The first-order valence-electron chi connectivity index (χ1n) is 5.05. The number of hydrogen-bond acceptors (Lipinski definition) is 3. The minimum Gasteiger partial charge on any atom is -0.408 e. The number of rotatable bonds is 4. The number of aryl methyl sites for hydroxylation is 1. The second-order valence-electron chi connectivity index (χ2n) is 3.56. The largest absolute Gasteiger partial charge is 0.419 e. The van der Waals surface area contributed by atoms with E-state index in [1.54, 1.807) is 12.1 Å². The van der Waals surface area contributed by atoms with Crippen LogP contribution in [0.15, 0.2) is 33.5 Å². The summed E-state index contributed by atoms with van der Waals surface area (Å²) in [4.78, 5) is 22.1. The minimum atomic E-state index is -0.398. The van der Waals surface area contributed by atoms with Crippen molar-refractivity contribution in [3.63, 3.8) is 0 Å². The molecule has 2 N–H and O–H groups in total. The molecule has 0 radical (unpaired) electrons. The summed E-state index contributed by atoms with van der Waals surface area (Å²) in [5.74, 6) is -0.758. The van der Waals surface area contributed by atoms with E-state index < -0.39 is 5.76 Å². The molecule has 1 aromatic carbocycles. The van der Waals surface area contributed by atoms with Gasteiger partial charge in [0.05, 0.1) is 5.52 Å². The molecule has 0 spiro atoms. The van der Waals surface area contributed by atoms with Crippen LogP contribution in [-0.2, 0) is 11.3 Å². The third kappa shape index (κ3) is 1.98. The number of benzene rings is 1. The maximum absolute atomic E-state index is 11.5. The first kappa shape index (κ1) is 10.5. The topological polar surface area (TPSA) is 78.2 Å². The Hall–Kier alpha value is -2.04. The van der Waals surface area contributed by atoms with Gasteiger partial charge in [-0.15, -0.1) is 0 Å². The highest BCUT2D eigenvalue weighted by Crippen LogP contribution is 2.12. The number of aromatic nitrogens is 1. The van der Waals surface area contributed by atoms with Gasteiger partial charge < -0.3 is 10.2 Å². The number of nitrogens with two attached hydrogens (primary N) is 1. The maximum Gasteiger partial charge on any atom is 0.419 e. The SMILES string of the molecule is NC(=O)CCCn1c(=O)oc2ccccc21. The molecule has 1 amide bonds. The molecule has 2 aromatic rings. The number of hydrogen-bond donors (Lipinski definition) is 1. The van der Waals surface area contributed by atoms with Crippen molar-refractivity contribution in [2.45, 2.75) is 19.4 Å². The maximum atomic E-state index is 11.5. The molecule has 0 unspecified atom stereocenters. The van der Waals surface area contributed by atoms with Gasteiger partial charge in [0, 0.05) is 13.0 Å².